The third-order valence-corrected chi connectivity index (χ3v) is 4.93. The average molecular weight is 438 g/mol. The van der Waals surface area contributed by atoms with Crippen molar-refractivity contribution in [2.75, 3.05) is 5.32 Å². The molecule has 0 saturated heterocycles. The predicted molar refractivity (Wildman–Crippen MR) is 97.3 cm³/mol. The number of thiazole rings is 1. The summed E-state index contributed by atoms with van der Waals surface area (Å²) in [5.41, 5.74) is 1.67. The summed E-state index contributed by atoms with van der Waals surface area (Å²) in [4.78, 5) is 17.5. The van der Waals surface area contributed by atoms with E-state index in [2.05, 4.69) is 42.2 Å². The van der Waals surface area contributed by atoms with Crippen LogP contribution in [0.25, 0.3) is 10.4 Å². The van der Waals surface area contributed by atoms with Crippen molar-refractivity contribution in [3.8, 4) is 10.4 Å². The molecule has 2 aromatic carbocycles. The maximum absolute atomic E-state index is 12.2. The molecular formula is C16H10Br2N2OS. The molecule has 0 aliphatic rings. The van der Waals surface area contributed by atoms with Crippen LogP contribution in [-0.2, 0) is 0 Å². The molecule has 1 N–H and O–H groups in total. The molecule has 1 aromatic heterocycles. The number of hydrogen-bond donors (Lipinski definition) is 1. The van der Waals surface area contributed by atoms with Gasteiger partial charge in [0, 0.05) is 20.7 Å². The Morgan fingerprint density at radius 3 is 2.55 bits per heavy atom. The van der Waals surface area contributed by atoms with Crippen LogP contribution in [0.3, 0.4) is 0 Å². The quantitative estimate of drug-likeness (QED) is 0.580. The summed E-state index contributed by atoms with van der Waals surface area (Å²) in [5.74, 6) is -0.169. The fraction of sp³-hybridized carbons (Fsp3) is 0. The van der Waals surface area contributed by atoms with Crippen molar-refractivity contribution in [1.82, 2.24) is 4.98 Å². The number of aromatic nitrogens is 1. The van der Waals surface area contributed by atoms with E-state index in [0.717, 1.165) is 19.4 Å². The Morgan fingerprint density at radius 1 is 1.05 bits per heavy atom. The fourth-order valence-corrected chi connectivity index (χ4v) is 3.36. The fourth-order valence-electron chi connectivity index (χ4n) is 1.88. The van der Waals surface area contributed by atoms with E-state index in [1.54, 1.807) is 18.3 Å². The van der Waals surface area contributed by atoms with Gasteiger partial charge in [0.05, 0.1) is 4.88 Å². The molecule has 0 unspecified atom stereocenters. The van der Waals surface area contributed by atoms with E-state index in [1.165, 1.54) is 11.3 Å². The summed E-state index contributed by atoms with van der Waals surface area (Å²) >= 11 is 8.22. The highest BCUT2D eigenvalue weighted by molar-refractivity contribution is 9.10. The van der Waals surface area contributed by atoms with Gasteiger partial charge in [0.25, 0.3) is 5.91 Å². The van der Waals surface area contributed by atoms with Crippen LogP contribution in [0.2, 0.25) is 0 Å². The van der Waals surface area contributed by atoms with Crippen LogP contribution >= 0.6 is 43.2 Å². The number of anilines is 1. The summed E-state index contributed by atoms with van der Waals surface area (Å²) in [6, 6.07) is 15.2. The van der Waals surface area contributed by atoms with Gasteiger partial charge in [-0.25, -0.2) is 4.98 Å². The van der Waals surface area contributed by atoms with Gasteiger partial charge >= 0.3 is 0 Å². The minimum atomic E-state index is -0.169. The summed E-state index contributed by atoms with van der Waals surface area (Å²) in [6.45, 7) is 0. The minimum Gasteiger partial charge on any atom is -0.298 e. The lowest BCUT2D eigenvalue weighted by Crippen LogP contribution is -2.11. The second-order valence-electron chi connectivity index (χ2n) is 4.50. The van der Waals surface area contributed by atoms with E-state index in [4.69, 9.17) is 0 Å². The zero-order valence-corrected chi connectivity index (χ0v) is 15.2. The lowest BCUT2D eigenvalue weighted by molar-refractivity contribution is 0.102. The van der Waals surface area contributed by atoms with E-state index in [-0.39, 0.29) is 5.91 Å². The molecule has 1 amide bonds. The Bertz CT molecular complexity index is 815. The molecule has 3 aromatic rings. The Balaban J connectivity index is 1.77. The second-order valence-corrected chi connectivity index (χ2v) is 7.36. The van der Waals surface area contributed by atoms with E-state index < -0.39 is 0 Å². The highest BCUT2D eigenvalue weighted by Gasteiger charge is 2.10. The van der Waals surface area contributed by atoms with Crippen molar-refractivity contribution in [3.05, 3.63) is 69.2 Å². The number of rotatable bonds is 3. The van der Waals surface area contributed by atoms with Crippen molar-refractivity contribution in [2.24, 2.45) is 0 Å². The number of nitrogens with one attached hydrogen (secondary N) is 1. The van der Waals surface area contributed by atoms with E-state index in [0.29, 0.717) is 10.7 Å². The largest absolute Gasteiger partial charge is 0.298 e. The van der Waals surface area contributed by atoms with Crippen molar-refractivity contribution in [3.63, 3.8) is 0 Å². The van der Waals surface area contributed by atoms with Crippen LogP contribution in [0, 0.1) is 0 Å². The molecule has 0 spiro atoms. The molecule has 0 radical (unpaired) electrons. The molecule has 6 heteroatoms. The summed E-state index contributed by atoms with van der Waals surface area (Å²) in [7, 11) is 0. The monoisotopic (exact) mass is 436 g/mol. The third-order valence-electron chi connectivity index (χ3n) is 2.94. The molecule has 0 bridgehead atoms. The number of benzene rings is 2. The maximum Gasteiger partial charge on any atom is 0.257 e. The maximum atomic E-state index is 12.2. The Morgan fingerprint density at radius 2 is 1.82 bits per heavy atom. The van der Waals surface area contributed by atoms with E-state index >= 15 is 0 Å². The molecule has 22 heavy (non-hydrogen) atoms. The van der Waals surface area contributed by atoms with Gasteiger partial charge in [-0.3, -0.25) is 10.1 Å². The van der Waals surface area contributed by atoms with Crippen molar-refractivity contribution in [1.29, 1.82) is 0 Å². The Hall–Kier alpha value is -1.50. The molecule has 1 heterocycles. The highest BCUT2D eigenvalue weighted by atomic mass is 79.9. The van der Waals surface area contributed by atoms with Gasteiger partial charge in [-0.1, -0.05) is 61.4 Å². The van der Waals surface area contributed by atoms with E-state index in [1.807, 2.05) is 36.4 Å². The summed E-state index contributed by atoms with van der Waals surface area (Å²) < 4.78 is 1.90. The van der Waals surface area contributed by atoms with E-state index in [9.17, 15) is 4.79 Å². The molecule has 3 rings (SSSR count). The first kappa shape index (κ1) is 15.4. The summed E-state index contributed by atoms with van der Waals surface area (Å²) in [6.07, 6.45) is 1.77. The van der Waals surface area contributed by atoms with Crippen LogP contribution in [0.1, 0.15) is 10.4 Å². The lowest BCUT2D eigenvalue weighted by atomic mass is 10.2. The molecule has 3 nitrogen and oxygen atoms in total. The Kier molecular flexibility index (Phi) is 4.71. The first-order valence-electron chi connectivity index (χ1n) is 6.40. The molecule has 0 atom stereocenters. The van der Waals surface area contributed by atoms with Gasteiger partial charge in [0.2, 0.25) is 0 Å². The minimum absolute atomic E-state index is 0.169. The third kappa shape index (κ3) is 3.63. The molecule has 0 aliphatic heterocycles. The van der Waals surface area contributed by atoms with Gasteiger partial charge in [-0.2, -0.15) is 0 Å². The SMILES string of the molecule is O=C(Nc1ncc(-c2ccc(Br)cc2)s1)c1cccc(Br)c1. The normalized spacial score (nSPS) is 10.5. The molecule has 0 saturated carbocycles. The number of carbonyl (C=O) groups is 1. The van der Waals surface area contributed by atoms with Crippen molar-refractivity contribution < 1.29 is 4.79 Å². The highest BCUT2D eigenvalue weighted by Crippen LogP contribution is 2.30. The first-order valence-corrected chi connectivity index (χ1v) is 8.81. The molecule has 110 valence electrons. The lowest BCUT2D eigenvalue weighted by Gasteiger charge is -2.02. The van der Waals surface area contributed by atoms with Gasteiger partial charge in [-0.15, -0.1) is 0 Å². The number of halogens is 2. The molecular weight excluding hydrogens is 428 g/mol. The van der Waals surface area contributed by atoms with Crippen LogP contribution in [-0.4, -0.2) is 10.9 Å². The number of hydrogen-bond acceptors (Lipinski definition) is 3. The second kappa shape index (κ2) is 6.73. The van der Waals surface area contributed by atoms with Gasteiger partial charge in [0.15, 0.2) is 5.13 Å². The van der Waals surface area contributed by atoms with Crippen LogP contribution < -0.4 is 5.32 Å². The van der Waals surface area contributed by atoms with Gasteiger partial charge in [0.1, 0.15) is 0 Å². The number of nitrogens with zero attached hydrogens (tertiary/aromatic N) is 1. The van der Waals surface area contributed by atoms with Crippen LogP contribution in [0.15, 0.2) is 63.7 Å². The average Bonchev–Trinajstić information content (AvgIpc) is 2.96. The predicted octanol–water partition coefficient (Wildman–Crippen LogP) is 5.59. The topological polar surface area (TPSA) is 42.0 Å². The first-order chi connectivity index (χ1) is 10.6. The van der Waals surface area contributed by atoms with Crippen molar-refractivity contribution in [2.45, 2.75) is 0 Å². The molecule has 0 fully saturated rings. The summed E-state index contributed by atoms with van der Waals surface area (Å²) in [5, 5.41) is 3.41. The van der Waals surface area contributed by atoms with Crippen LogP contribution in [0.5, 0.6) is 0 Å². The smallest absolute Gasteiger partial charge is 0.257 e. The van der Waals surface area contributed by atoms with Gasteiger partial charge < -0.3 is 0 Å². The zero-order chi connectivity index (χ0) is 15.5. The van der Waals surface area contributed by atoms with Gasteiger partial charge in [-0.05, 0) is 35.9 Å². The van der Waals surface area contributed by atoms with Crippen LogP contribution in [0.4, 0.5) is 5.13 Å². The number of amides is 1. The molecule has 0 aliphatic carbocycles. The zero-order valence-electron chi connectivity index (χ0n) is 11.2. The van der Waals surface area contributed by atoms with Crippen molar-refractivity contribution >= 4 is 54.2 Å². The standard InChI is InChI=1S/C16H10Br2N2OS/c17-12-6-4-10(5-7-12)14-9-19-16(22-14)20-15(21)11-2-1-3-13(18)8-11/h1-9H,(H,19,20,21). The number of carbonyl (C=O) groups excluding carboxylic acids is 1. The Labute approximate surface area is 148 Å².